The van der Waals surface area contributed by atoms with Gasteiger partial charge < -0.3 is 15.6 Å². The molecule has 0 aromatic heterocycles. The smallest absolute Gasteiger partial charge is 0.122 e. The van der Waals surface area contributed by atoms with Crippen LogP contribution in [0.1, 0.15) is 79.7 Å². The minimum Gasteiger partial charge on any atom is -0.496 e. The number of aliphatic hydroxyl groups excluding tert-OH is 1. The average Bonchev–Trinajstić information content (AvgIpc) is 3.21. The van der Waals surface area contributed by atoms with E-state index in [-0.39, 0.29) is 12.1 Å². The summed E-state index contributed by atoms with van der Waals surface area (Å²) >= 11 is 0. The topological polar surface area (TPSA) is 55.5 Å². The molecule has 2 aromatic rings. The molecule has 1 saturated carbocycles. The zero-order chi connectivity index (χ0) is 22.4. The zero-order valence-electron chi connectivity index (χ0n) is 19.9. The van der Waals surface area contributed by atoms with E-state index in [1.165, 1.54) is 53.5 Å². The SMILES string of the molecule is CC.COc1cc(C)ccc1CCC1CCc2cc(C3CC[C@](N)(CO)C3)ccc2C1. The van der Waals surface area contributed by atoms with E-state index in [1.54, 1.807) is 7.11 Å². The van der Waals surface area contributed by atoms with Crippen LogP contribution >= 0.6 is 0 Å². The van der Waals surface area contributed by atoms with Crippen molar-refractivity contribution in [2.75, 3.05) is 13.7 Å². The first-order valence-electron chi connectivity index (χ1n) is 12.1. The van der Waals surface area contributed by atoms with E-state index in [1.807, 2.05) is 13.8 Å². The minimum absolute atomic E-state index is 0.0991. The fraction of sp³-hybridized carbons (Fsp3) is 0.571. The molecule has 0 saturated heterocycles. The van der Waals surface area contributed by atoms with Crippen LogP contribution in [0.4, 0.5) is 0 Å². The number of rotatable bonds is 6. The molecule has 1 fully saturated rings. The third-order valence-corrected chi connectivity index (χ3v) is 7.26. The van der Waals surface area contributed by atoms with E-state index in [9.17, 15) is 5.11 Å². The maximum absolute atomic E-state index is 9.56. The Labute approximate surface area is 189 Å². The van der Waals surface area contributed by atoms with Crippen LogP contribution in [0.25, 0.3) is 0 Å². The van der Waals surface area contributed by atoms with Crippen LogP contribution in [0, 0.1) is 12.8 Å². The highest BCUT2D eigenvalue weighted by atomic mass is 16.5. The molecule has 2 aliphatic rings. The number of aliphatic hydroxyl groups is 1. The van der Waals surface area contributed by atoms with E-state index in [0.29, 0.717) is 5.92 Å². The number of benzene rings is 2. The Hall–Kier alpha value is -1.84. The molecule has 3 nitrogen and oxygen atoms in total. The summed E-state index contributed by atoms with van der Waals surface area (Å²) in [5.74, 6) is 2.28. The predicted octanol–water partition coefficient (Wildman–Crippen LogP) is 5.72. The lowest BCUT2D eigenvalue weighted by Gasteiger charge is -2.26. The summed E-state index contributed by atoms with van der Waals surface area (Å²) in [4.78, 5) is 0. The van der Waals surface area contributed by atoms with Crippen molar-refractivity contribution >= 4 is 0 Å². The number of fused-ring (bicyclic) bond motifs is 1. The molecule has 3 atom stereocenters. The van der Waals surface area contributed by atoms with E-state index in [4.69, 9.17) is 10.5 Å². The quantitative estimate of drug-likeness (QED) is 0.624. The first-order chi connectivity index (χ1) is 15.0. The van der Waals surface area contributed by atoms with Crippen molar-refractivity contribution in [3.63, 3.8) is 0 Å². The molecule has 0 radical (unpaired) electrons. The lowest BCUT2D eigenvalue weighted by atomic mass is 9.79. The Morgan fingerprint density at radius 3 is 2.61 bits per heavy atom. The van der Waals surface area contributed by atoms with Gasteiger partial charge in [0.15, 0.2) is 0 Å². The standard InChI is InChI=1S/C26H35NO2.C2H6/c1-18-3-6-20(25(13-18)29-2)7-4-19-5-8-22-15-23(10-9-21(22)14-19)24-11-12-26(27,16-24)17-28;1-2/h3,6,9-10,13,15,19,24,28H,4-5,7-8,11-12,14,16-17,27H2,1-2H3;1-2H3/t19?,24?,26-;/m1./s1. The summed E-state index contributed by atoms with van der Waals surface area (Å²) in [5.41, 5.74) is 13.0. The third kappa shape index (κ3) is 5.70. The van der Waals surface area contributed by atoms with Gasteiger partial charge in [-0.3, -0.25) is 0 Å². The first-order valence-corrected chi connectivity index (χ1v) is 12.1. The molecule has 3 heteroatoms. The Bertz CT molecular complexity index is 862. The van der Waals surface area contributed by atoms with Crippen LogP contribution < -0.4 is 10.5 Å². The highest BCUT2D eigenvalue weighted by Gasteiger charge is 2.36. The van der Waals surface area contributed by atoms with Crippen molar-refractivity contribution in [2.24, 2.45) is 11.7 Å². The van der Waals surface area contributed by atoms with Crippen molar-refractivity contribution in [1.82, 2.24) is 0 Å². The largest absolute Gasteiger partial charge is 0.496 e. The van der Waals surface area contributed by atoms with Crippen molar-refractivity contribution in [3.8, 4) is 5.75 Å². The number of ether oxygens (including phenoxy) is 1. The molecule has 31 heavy (non-hydrogen) atoms. The highest BCUT2D eigenvalue weighted by molar-refractivity contribution is 5.38. The Morgan fingerprint density at radius 1 is 1.10 bits per heavy atom. The second kappa shape index (κ2) is 10.7. The van der Waals surface area contributed by atoms with Crippen LogP contribution in [-0.2, 0) is 19.3 Å². The molecule has 2 aliphatic carbocycles. The molecule has 170 valence electrons. The van der Waals surface area contributed by atoms with Crippen molar-refractivity contribution < 1.29 is 9.84 Å². The highest BCUT2D eigenvalue weighted by Crippen LogP contribution is 2.41. The van der Waals surface area contributed by atoms with Crippen LogP contribution in [-0.4, -0.2) is 24.4 Å². The summed E-state index contributed by atoms with van der Waals surface area (Å²) < 4.78 is 5.58. The van der Waals surface area contributed by atoms with Gasteiger partial charge in [-0.1, -0.05) is 44.2 Å². The molecular formula is C28H41NO2. The predicted molar refractivity (Wildman–Crippen MR) is 130 cm³/mol. The molecule has 4 rings (SSSR count). The summed E-state index contributed by atoms with van der Waals surface area (Å²) in [6.07, 6.45) is 8.87. The van der Waals surface area contributed by atoms with E-state index < -0.39 is 0 Å². The van der Waals surface area contributed by atoms with Gasteiger partial charge in [0, 0.05) is 5.54 Å². The second-order valence-corrected chi connectivity index (χ2v) is 9.45. The molecule has 0 bridgehead atoms. The number of nitrogens with two attached hydrogens (primary N) is 1. The van der Waals surface area contributed by atoms with Gasteiger partial charge in [-0.05, 0) is 104 Å². The van der Waals surface area contributed by atoms with E-state index >= 15 is 0 Å². The normalized spacial score (nSPS) is 24.8. The fourth-order valence-corrected chi connectivity index (χ4v) is 5.35. The Balaban J connectivity index is 0.00000132. The number of hydrogen-bond donors (Lipinski definition) is 2. The molecule has 0 amide bonds. The fourth-order valence-electron chi connectivity index (χ4n) is 5.35. The van der Waals surface area contributed by atoms with Crippen LogP contribution in [0.5, 0.6) is 5.75 Å². The molecule has 0 aliphatic heterocycles. The van der Waals surface area contributed by atoms with E-state index in [0.717, 1.165) is 37.4 Å². The number of aryl methyl sites for hydroxylation is 3. The Kier molecular flexibility index (Phi) is 8.18. The maximum atomic E-state index is 9.56. The first kappa shape index (κ1) is 23.8. The van der Waals surface area contributed by atoms with Crippen LogP contribution in [0.2, 0.25) is 0 Å². The van der Waals surface area contributed by atoms with Crippen LogP contribution in [0.15, 0.2) is 36.4 Å². The monoisotopic (exact) mass is 423 g/mol. The molecule has 3 N–H and O–H groups in total. The molecule has 2 aromatic carbocycles. The number of hydrogen-bond acceptors (Lipinski definition) is 3. The number of methoxy groups -OCH3 is 1. The zero-order valence-corrected chi connectivity index (χ0v) is 19.9. The average molecular weight is 424 g/mol. The van der Waals surface area contributed by atoms with Gasteiger partial charge in [0.05, 0.1) is 13.7 Å². The van der Waals surface area contributed by atoms with E-state index in [2.05, 4.69) is 43.3 Å². The van der Waals surface area contributed by atoms with Crippen molar-refractivity contribution in [3.05, 3.63) is 64.2 Å². The van der Waals surface area contributed by atoms with Crippen molar-refractivity contribution in [1.29, 1.82) is 0 Å². The second-order valence-electron chi connectivity index (χ2n) is 9.45. The molecule has 0 spiro atoms. The summed E-state index contributed by atoms with van der Waals surface area (Å²) in [5, 5.41) is 9.56. The molecular weight excluding hydrogens is 382 g/mol. The van der Waals surface area contributed by atoms with Gasteiger partial charge in [-0.15, -0.1) is 0 Å². The summed E-state index contributed by atoms with van der Waals surface area (Å²) in [6.45, 7) is 6.21. The summed E-state index contributed by atoms with van der Waals surface area (Å²) in [7, 11) is 1.77. The maximum Gasteiger partial charge on any atom is 0.122 e. The molecule has 0 heterocycles. The van der Waals surface area contributed by atoms with Gasteiger partial charge in [0.2, 0.25) is 0 Å². The lowest BCUT2D eigenvalue weighted by molar-refractivity contribution is 0.198. The minimum atomic E-state index is -0.372. The lowest BCUT2D eigenvalue weighted by Crippen LogP contribution is -2.40. The van der Waals surface area contributed by atoms with Gasteiger partial charge >= 0.3 is 0 Å². The van der Waals surface area contributed by atoms with Crippen LogP contribution in [0.3, 0.4) is 0 Å². The third-order valence-electron chi connectivity index (χ3n) is 7.26. The Morgan fingerprint density at radius 2 is 1.90 bits per heavy atom. The van der Waals surface area contributed by atoms with Gasteiger partial charge in [-0.25, -0.2) is 0 Å². The molecule has 2 unspecified atom stereocenters. The van der Waals surface area contributed by atoms with Gasteiger partial charge in [-0.2, -0.15) is 0 Å². The van der Waals surface area contributed by atoms with Gasteiger partial charge in [0.25, 0.3) is 0 Å². The van der Waals surface area contributed by atoms with Gasteiger partial charge in [0.1, 0.15) is 5.75 Å². The summed E-state index contributed by atoms with van der Waals surface area (Å²) in [6, 6.07) is 13.7. The van der Waals surface area contributed by atoms with Crippen molar-refractivity contribution in [2.45, 2.75) is 83.6 Å².